The third-order valence-corrected chi connectivity index (χ3v) is 4.75. The Balaban J connectivity index is 1.44. The lowest BCUT2D eigenvalue weighted by Crippen LogP contribution is -2.48. The van der Waals surface area contributed by atoms with Gasteiger partial charge in [0.05, 0.1) is 18.5 Å². The number of amides is 1. The molecule has 6 heteroatoms. The lowest BCUT2D eigenvalue weighted by atomic mass is 10.2. The van der Waals surface area contributed by atoms with Crippen LogP contribution in [-0.4, -0.2) is 73.7 Å². The third-order valence-electron chi connectivity index (χ3n) is 4.75. The SMILES string of the molecule is COCCNc1ccc(C(=O)N2CCN(C/C=C/c3ccccc3)CC2)nc1. The molecule has 2 heterocycles. The number of methoxy groups -OCH3 is 1. The van der Waals surface area contributed by atoms with Crippen LogP contribution in [0.3, 0.4) is 0 Å². The zero-order valence-corrected chi connectivity index (χ0v) is 16.4. The van der Waals surface area contributed by atoms with Crippen LogP contribution in [0.25, 0.3) is 6.08 Å². The molecule has 1 fully saturated rings. The van der Waals surface area contributed by atoms with Crippen LogP contribution in [0.4, 0.5) is 5.69 Å². The summed E-state index contributed by atoms with van der Waals surface area (Å²) in [6.07, 6.45) is 6.03. The zero-order chi connectivity index (χ0) is 19.6. The highest BCUT2D eigenvalue weighted by molar-refractivity contribution is 5.92. The Morgan fingerprint density at radius 1 is 1.14 bits per heavy atom. The molecule has 0 radical (unpaired) electrons. The van der Waals surface area contributed by atoms with E-state index in [1.54, 1.807) is 19.4 Å². The maximum atomic E-state index is 12.7. The number of rotatable bonds is 8. The van der Waals surface area contributed by atoms with Crippen LogP contribution in [0.5, 0.6) is 0 Å². The number of benzene rings is 1. The Kier molecular flexibility index (Phi) is 7.58. The Hall–Kier alpha value is -2.70. The minimum Gasteiger partial charge on any atom is -0.383 e. The van der Waals surface area contributed by atoms with Crippen molar-refractivity contribution in [2.45, 2.75) is 0 Å². The number of pyridine rings is 1. The monoisotopic (exact) mass is 380 g/mol. The highest BCUT2D eigenvalue weighted by Crippen LogP contribution is 2.11. The van der Waals surface area contributed by atoms with E-state index in [0.29, 0.717) is 18.8 Å². The Morgan fingerprint density at radius 2 is 1.93 bits per heavy atom. The Bertz CT molecular complexity index is 754. The first kappa shape index (κ1) is 20.0. The number of carbonyl (C=O) groups excluding carboxylic acids is 1. The van der Waals surface area contributed by atoms with Gasteiger partial charge in [-0.15, -0.1) is 0 Å². The van der Waals surface area contributed by atoms with Crippen molar-refractivity contribution in [3.63, 3.8) is 0 Å². The van der Waals surface area contributed by atoms with Gasteiger partial charge in [0.15, 0.2) is 0 Å². The van der Waals surface area contributed by atoms with Gasteiger partial charge in [0.2, 0.25) is 0 Å². The second-order valence-electron chi connectivity index (χ2n) is 6.76. The number of aromatic nitrogens is 1. The molecule has 1 aromatic heterocycles. The number of ether oxygens (including phenoxy) is 1. The van der Waals surface area contributed by atoms with Gasteiger partial charge < -0.3 is 15.0 Å². The van der Waals surface area contributed by atoms with Gasteiger partial charge in [-0.05, 0) is 17.7 Å². The highest BCUT2D eigenvalue weighted by atomic mass is 16.5. The molecule has 0 aliphatic carbocycles. The van der Waals surface area contributed by atoms with Crippen molar-refractivity contribution >= 4 is 17.7 Å². The summed E-state index contributed by atoms with van der Waals surface area (Å²) >= 11 is 0. The molecule has 0 saturated carbocycles. The minimum atomic E-state index is 0.00270. The quantitative estimate of drug-likeness (QED) is 0.714. The minimum absolute atomic E-state index is 0.00270. The molecule has 28 heavy (non-hydrogen) atoms. The van der Waals surface area contributed by atoms with Crippen LogP contribution in [0, 0.1) is 0 Å². The highest BCUT2D eigenvalue weighted by Gasteiger charge is 2.22. The summed E-state index contributed by atoms with van der Waals surface area (Å²) in [6, 6.07) is 14.0. The summed E-state index contributed by atoms with van der Waals surface area (Å²) in [6.45, 7) is 5.46. The van der Waals surface area contributed by atoms with Crippen LogP contribution < -0.4 is 5.32 Å². The van der Waals surface area contributed by atoms with Crippen molar-refractivity contribution in [3.05, 3.63) is 66.0 Å². The molecular formula is C22H28N4O2. The molecule has 1 amide bonds. The van der Waals surface area contributed by atoms with E-state index in [2.05, 4.69) is 39.5 Å². The van der Waals surface area contributed by atoms with Gasteiger partial charge in [-0.1, -0.05) is 42.5 Å². The maximum absolute atomic E-state index is 12.7. The van der Waals surface area contributed by atoms with Gasteiger partial charge in [-0.25, -0.2) is 4.98 Å². The predicted molar refractivity (Wildman–Crippen MR) is 112 cm³/mol. The predicted octanol–water partition coefficient (Wildman–Crippen LogP) is 2.61. The molecule has 1 aliphatic heterocycles. The molecule has 0 unspecified atom stereocenters. The zero-order valence-electron chi connectivity index (χ0n) is 16.4. The first-order valence-electron chi connectivity index (χ1n) is 9.68. The van der Waals surface area contributed by atoms with E-state index in [4.69, 9.17) is 4.74 Å². The molecule has 148 valence electrons. The molecule has 0 bridgehead atoms. The molecule has 1 N–H and O–H groups in total. The van der Waals surface area contributed by atoms with Crippen molar-refractivity contribution < 1.29 is 9.53 Å². The standard InChI is InChI=1S/C22H28N4O2/c1-28-17-11-23-20-9-10-21(24-18-20)22(27)26-15-13-25(14-16-26)12-5-8-19-6-3-2-4-7-19/h2-10,18,23H,11-17H2,1H3/b8-5+. The fourth-order valence-electron chi connectivity index (χ4n) is 3.12. The average Bonchev–Trinajstić information content (AvgIpc) is 2.75. The summed E-state index contributed by atoms with van der Waals surface area (Å²) in [5.74, 6) is 0.00270. The van der Waals surface area contributed by atoms with Crippen molar-refractivity contribution in [3.8, 4) is 0 Å². The smallest absolute Gasteiger partial charge is 0.272 e. The van der Waals surface area contributed by atoms with E-state index in [9.17, 15) is 4.79 Å². The maximum Gasteiger partial charge on any atom is 0.272 e. The van der Waals surface area contributed by atoms with Gasteiger partial charge in [0.25, 0.3) is 5.91 Å². The number of nitrogens with zero attached hydrogens (tertiary/aromatic N) is 3. The second kappa shape index (κ2) is 10.6. The lowest BCUT2D eigenvalue weighted by Gasteiger charge is -2.34. The van der Waals surface area contributed by atoms with Crippen LogP contribution in [0.2, 0.25) is 0 Å². The topological polar surface area (TPSA) is 57.7 Å². The first-order valence-corrected chi connectivity index (χ1v) is 9.68. The number of carbonyl (C=O) groups is 1. The van der Waals surface area contributed by atoms with Crippen molar-refractivity contribution in [2.24, 2.45) is 0 Å². The van der Waals surface area contributed by atoms with Crippen LogP contribution in [-0.2, 0) is 4.74 Å². The third kappa shape index (κ3) is 5.90. The van der Waals surface area contributed by atoms with E-state index in [0.717, 1.165) is 38.4 Å². The largest absolute Gasteiger partial charge is 0.383 e. The van der Waals surface area contributed by atoms with Crippen molar-refractivity contribution in [1.29, 1.82) is 0 Å². The van der Waals surface area contributed by atoms with Gasteiger partial charge in [0, 0.05) is 46.4 Å². The summed E-state index contributed by atoms with van der Waals surface area (Å²) < 4.78 is 5.01. The summed E-state index contributed by atoms with van der Waals surface area (Å²) in [5, 5.41) is 3.20. The molecule has 0 spiro atoms. The second-order valence-corrected chi connectivity index (χ2v) is 6.76. The van der Waals surface area contributed by atoms with Crippen molar-refractivity contribution in [1.82, 2.24) is 14.8 Å². The normalized spacial score (nSPS) is 15.1. The fraction of sp³-hybridized carbons (Fsp3) is 0.364. The van der Waals surface area contributed by atoms with Gasteiger partial charge in [-0.3, -0.25) is 9.69 Å². The van der Waals surface area contributed by atoms with Crippen LogP contribution >= 0.6 is 0 Å². The van der Waals surface area contributed by atoms with Gasteiger partial charge in [-0.2, -0.15) is 0 Å². The van der Waals surface area contributed by atoms with Crippen LogP contribution in [0.15, 0.2) is 54.7 Å². The van der Waals surface area contributed by atoms with E-state index in [1.165, 1.54) is 5.56 Å². The first-order chi connectivity index (χ1) is 13.8. The summed E-state index contributed by atoms with van der Waals surface area (Å²) in [7, 11) is 1.67. The van der Waals surface area contributed by atoms with E-state index < -0.39 is 0 Å². The molecule has 2 aromatic rings. The molecule has 3 rings (SSSR count). The van der Waals surface area contributed by atoms with Crippen LogP contribution in [0.1, 0.15) is 16.1 Å². The molecule has 0 atom stereocenters. The molecule has 6 nitrogen and oxygen atoms in total. The number of hydrogen-bond donors (Lipinski definition) is 1. The number of hydrogen-bond acceptors (Lipinski definition) is 5. The van der Waals surface area contributed by atoms with Gasteiger partial charge >= 0.3 is 0 Å². The summed E-state index contributed by atoms with van der Waals surface area (Å²) in [5.41, 5.74) is 2.60. The fourth-order valence-corrected chi connectivity index (χ4v) is 3.12. The number of nitrogens with one attached hydrogen (secondary N) is 1. The summed E-state index contributed by atoms with van der Waals surface area (Å²) in [4.78, 5) is 21.2. The molecule has 1 aromatic carbocycles. The Labute approximate surface area is 166 Å². The Morgan fingerprint density at radius 3 is 2.61 bits per heavy atom. The number of anilines is 1. The average molecular weight is 380 g/mol. The lowest BCUT2D eigenvalue weighted by molar-refractivity contribution is 0.0644. The molecular weight excluding hydrogens is 352 g/mol. The van der Waals surface area contributed by atoms with E-state index in [1.807, 2.05) is 29.2 Å². The number of piperazine rings is 1. The van der Waals surface area contributed by atoms with E-state index >= 15 is 0 Å². The molecule has 1 aliphatic rings. The molecule has 1 saturated heterocycles. The van der Waals surface area contributed by atoms with Gasteiger partial charge in [0.1, 0.15) is 5.69 Å². The van der Waals surface area contributed by atoms with Crippen molar-refractivity contribution in [2.75, 3.05) is 58.3 Å². The van der Waals surface area contributed by atoms with E-state index in [-0.39, 0.29) is 5.91 Å².